The lowest BCUT2D eigenvalue weighted by Crippen LogP contribution is -2.24. The fourth-order valence-electron chi connectivity index (χ4n) is 8.11. The molecule has 0 spiro atoms. The summed E-state index contributed by atoms with van der Waals surface area (Å²) < 4.78 is 0. The predicted octanol–water partition coefficient (Wildman–Crippen LogP) is 12.2. The molecule has 0 bridgehead atoms. The maximum Gasteiger partial charge on any atom is 0.0785 e. The summed E-state index contributed by atoms with van der Waals surface area (Å²) in [5.74, 6) is 0. The zero-order valence-electron chi connectivity index (χ0n) is 27.2. The zero-order chi connectivity index (χ0) is 32.2. The van der Waals surface area contributed by atoms with Crippen molar-refractivity contribution in [2.24, 2.45) is 0 Å². The molecule has 1 unspecified atom stereocenters. The van der Waals surface area contributed by atoms with E-state index in [1.165, 1.54) is 55.9 Å². The zero-order valence-corrected chi connectivity index (χ0v) is 27.2. The Bertz CT molecular complexity index is 2260. The summed E-state index contributed by atoms with van der Waals surface area (Å²) in [6.07, 6.45) is 11.0. The van der Waals surface area contributed by atoms with Gasteiger partial charge in [-0.3, -0.25) is 0 Å². The molecule has 2 heteroatoms. The minimum Gasteiger partial charge on any atom is -0.330 e. The van der Waals surface area contributed by atoms with Crippen LogP contribution in [0.5, 0.6) is 0 Å². The van der Waals surface area contributed by atoms with Crippen LogP contribution in [0.15, 0.2) is 176 Å². The van der Waals surface area contributed by atoms with Gasteiger partial charge in [-0.05, 0) is 87.5 Å². The highest BCUT2D eigenvalue weighted by Crippen LogP contribution is 2.53. The molecular formula is C46H36N2. The van der Waals surface area contributed by atoms with Crippen LogP contribution in [0.1, 0.15) is 30.5 Å². The van der Waals surface area contributed by atoms with Gasteiger partial charge in [0, 0.05) is 33.7 Å². The number of anilines is 5. The lowest BCUT2D eigenvalue weighted by atomic mass is 9.79. The Hall–Kier alpha value is -5.86. The second-order valence-corrected chi connectivity index (χ2v) is 13.4. The van der Waals surface area contributed by atoms with Gasteiger partial charge in [0.1, 0.15) is 0 Å². The van der Waals surface area contributed by atoms with Crippen LogP contribution in [0.2, 0.25) is 0 Å². The Kier molecular flexibility index (Phi) is 6.58. The highest BCUT2D eigenvalue weighted by Gasteiger charge is 2.37. The van der Waals surface area contributed by atoms with Crippen molar-refractivity contribution in [1.82, 2.24) is 0 Å². The third-order valence-electron chi connectivity index (χ3n) is 10.3. The summed E-state index contributed by atoms with van der Waals surface area (Å²) in [4.78, 5) is 4.84. The average Bonchev–Trinajstić information content (AvgIpc) is 3.42. The molecule has 3 aliphatic rings. The van der Waals surface area contributed by atoms with Crippen molar-refractivity contribution in [2.75, 3.05) is 9.80 Å². The van der Waals surface area contributed by atoms with Crippen molar-refractivity contribution in [1.29, 1.82) is 0 Å². The van der Waals surface area contributed by atoms with Crippen molar-refractivity contribution in [3.8, 4) is 22.3 Å². The Balaban J connectivity index is 1.16. The van der Waals surface area contributed by atoms with E-state index in [1.54, 1.807) is 0 Å². The fourth-order valence-corrected chi connectivity index (χ4v) is 8.11. The number of fused-ring (bicyclic) bond motifs is 6. The van der Waals surface area contributed by atoms with Crippen LogP contribution in [-0.2, 0) is 5.41 Å². The van der Waals surface area contributed by atoms with E-state index in [4.69, 9.17) is 0 Å². The number of para-hydroxylation sites is 2. The highest BCUT2D eigenvalue weighted by molar-refractivity contribution is 5.96. The van der Waals surface area contributed by atoms with Gasteiger partial charge in [0.2, 0.25) is 0 Å². The number of hydrogen-bond acceptors (Lipinski definition) is 2. The number of nitrogens with zero attached hydrogens (tertiary/aromatic N) is 2. The van der Waals surface area contributed by atoms with E-state index in [0.29, 0.717) is 0 Å². The quantitative estimate of drug-likeness (QED) is 0.190. The van der Waals surface area contributed by atoms with E-state index in [0.717, 1.165) is 17.1 Å². The first-order valence-electron chi connectivity index (χ1n) is 16.8. The van der Waals surface area contributed by atoms with Crippen LogP contribution in [0.25, 0.3) is 27.8 Å². The standard InChI is InChI=1S/C46H36N2/c1-46(2)42-23-13-12-19-38(42)41-22-14-21-37(45(41)46)32-25-27-35(28-26-32)47(33-15-6-3-7-16-33)36-29-30-40-39-20-10-5-11-24-43(39)48(44(40)31-36)34-17-8-4-9-18-34/h3-31,43H,1-2H3. The molecule has 1 aliphatic heterocycles. The number of benzene rings is 6. The van der Waals surface area contributed by atoms with Crippen LogP contribution >= 0.6 is 0 Å². The van der Waals surface area contributed by atoms with E-state index in [1.807, 2.05) is 0 Å². The lowest BCUT2D eigenvalue weighted by molar-refractivity contribution is 0.662. The molecule has 0 fully saturated rings. The number of hydrogen-bond donors (Lipinski definition) is 0. The maximum atomic E-state index is 2.47. The Morgan fingerprint density at radius 2 is 1.21 bits per heavy atom. The Morgan fingerprint density at radius 3 is 2.02 bits per heavy atom. The molecule has 0 N–H and O–H groups in total. The molecule has 0 aromatic heterocycles. The monoisotopic (exact) mass is 616 g/mol. The molecule has 0 saturated carbocycles. The van der Waals surface area contributed by atoms with Gasteiger partial charge in [0.05, 0.1) is 11.7 Å². The molecule has 0 amide bonds. The largest absolute Gasteiger partial charge is 0.330 e. The SMILES string of the molecule is CC1(C)c2ccccc2-c2cccc(-c3ccc(N(c4ccccc4)c4ccc5c(c4)N(c4ccccc4)C4C=CC=CC=C54)cc3)c21. The summed E-state index contributed by atoms with van der Waals surface area (Å²) >= 11 is 0. The second-order valence-electron chi connectivity index (χ2n) is 13.4. The molecule has 6 aromatic rings. The molecule has 6 aromatic carbocycles. The van der Waals surface area contributed by atoms with Crippen LogP contribution in [0, 0.1) is 0 Å². The van der Waals surface area contributed by atoms with Crippen LogP contribution in [0.4, 0.5) is 28.4 Å². The third-order valence-corrected chi connectivity index (χ3v) is 10.3. The van der Waals surface area contributed by atoms with Gasteiger partial charge in [-0.15, -0.1) is 0 Å². The maximum absolute atomic E-state index is 2.47. The molecule has 48 heavy (non-hydrogen) atoms. The first kappa shape index (κ1) is 28.4. The molecular weight excluding hydrogens is 581 g/mol. The molecule has 0 radical (unpaired) electrons. The number of allylic oxidation sites excluding steroid dienone is 4. The van der Waals surface area contributed by atoms with Crippen LogP contribution in [0.3, 0.4) is 0 Å². The summed E-state index contributed by atoms with van der Waals surface area (Å²) in [6, 6.07) is 53.3. The van der Waals surface area contributed by atoms with Gasteiger partial charge in [-0.25, -0.2) is 0 Å². The van der Waals surface area contributed by atoms with E-state index in [9.17, 15) is 0 Å². The summed E-state index contributed by atoms with van der Waals surface area (Å²) in [5.41, 5.74) is 16.4. The van der Waals surface area contributed by atoms with Crippen molar-refractivity contribution in [3.63, 3.8) is 0 Å². The average molecular weight is 617 g/mol. The Morgan fingerprint density at radius 1 is 0.542 bits per heavy atom. The van der Waals surface area contributed by atoms with Gasteiger partial charge in [-0.1, -0.05) is 141 Å². The predicted molar refractivity (Wildman–Crippen MR) is 203 cm³/mol. The molecule has 9 rings (SSSR count). The molecule has 1 heterocycles. The fraction of sp³-hybridized carbons (Fsp3) is 0.0870. The summed E-state index contributed by atoms with van der Waals surface area (Å²) in [7, 11) is 0. The third kappa shape index (κ3) is 4.41. The molecule has 0 saturated heterocycles. The van der Waals surface area contributed by atoms with Crippen molar-refractivity contribution >= 4 is 34.0 Å². The topological polar surface area (TPSA) is 6.48 Å². The Labute approximate surface area is 283 Å². The van der Waals surface area contributed by atoms with Crippen molar-refractivity contribution < 1.29 is 0 Å². The van der Waals surface area contributed by atoms with Crippen LogP contribution < -0.4 is 9.80 Å². The van der Waals surface area contributed by atoms with E-state index in [2.05, 4.69) is 200 Å². The van der Waals surface area contributed by atoms with E-state index >= 15 is 0 Å². The van der Waals surface area contributed by atoms with Crippen molar-refractivity contribution in [3.05, 3.63) is 193 Å². The van der Waals surface area contributed by atoms with E-state index in [-0.39, 0.29) is 11.5 Å². The highest BCUT2D eigenvalue weighted by atomic mass is 15.2. The lowest BCUT2D eigenvalue weighted by Gasteiger charge is -2.29. The minimum absolute atomic E-state index is 0.0665. The minimum atomic E-state index is -0.0665. The molecule has 1 atom stereocenters. The summed E-state index contributed by atoms with van der Waals surface area (Å²) in [5, 5.41) is 0. The van der Waals surface area contributed by atoms with Crippen molar-refractivity contribution in [2.45, 2.75) is 25.3 Å². The van der Waals surface area contributed by atoms with Gasteiger partial charge in [0.15, 0.2) is 0 Å². The molecule has 2 aliphatic carbocycles. The first-order valence-corrected chi connectivity index (χ1v) is 16.8. The molecule has 2 nitrogen and oxygen atoms in total. The smallest absolute Gasteiger partial charge is 0.0785 e. The molecule has 230 valence electrons. The normalized spacial score (nSPS) is 16.4. The van der Waals surface area contributed by atoms with Gasteiger partial charge in [-0.2, -0.15) is 0 Å². The second kappa shape index (κ2) is 11.1. The van der Waals surface area contributed by atoms with Gasteiger partial charge >= 0.3 is 0 Å². The van der Waals surface area contributed by atoms with Gasteiger partial charge in [0.25, 0.3) is 0 Å². The summed E-state index contributed by atoms with van der Waals surface area (Å²) in [6.45, 7) is 4.72. The van der Waals surface area contributed by atoms with Crippen LogP contribution in [-0.4, -0.2) is 6.04 Å². The number of rotatable bonds is 5. The first-order chi connectivity index (χ1) is 23.6. The van der Waals surface area contributed by atoms with Gasteiger partial charge < -0.3 is 9.80 Å². The van der Waals surface area contributed by atoms with E-state index < -0.39 is 0 Å².